The lowest BCUT2D eigenvalue weighted by Crippen LogP contribution is -2.37. The van der Waals surface area contributed by atoms with Crippen molar-refractivity contribution in [2.24, 2.45) is 0 Å². The van der Waals surface area contributed by atoms with Gasteiger partial charge in [0.2, 0.25) is 0 Å². The Bertz CT molecular complexity index is 726. The number of ketones is 1. The molecule has 1 atom stereocenters. The Kier molecular flexibility index (Phi) is 7.33. The number of carbonyl (C=O) groups is 2. The Balaban J connectivity index is 1.75. The van der Waals surface area contributed by atoms with Crippen LogP contribution in [-0.4, -0.2) is 24.3 Å². The summed E-state index contributed by atoms with van der Waals surface area (Å²) in [5.41, 5.74) is 2.02. The summed E-state index contributed by atoms with van der Waals surface area (Å²) in [5.74, 6) is 0.300. The number of hydrogen-bond acceptors (Lipinski definition) is 3. The number of Topliss-reactive ketones (excluding diaryl/α,β-unsaturated/α-hetero) is 1. The third-order valence-corrected chi connectivity index (χ3v) is 4.00. The Labute approximate surface area is 153 Å². The van der Waals surface area contributed by atoms with Crippen LogP contribution in [0.3, 0.4) is 0 Å². The fraction of sp³-hybridized carbons (Fsp3) is 0.333. The molecule has 4 nitrogen and oxygen atoms in total. The summed E-state index contributed by atoms with van der Waals surface area (Å²) in [6.45, 7) is 3.73. The van der Waals surface area contributed by atoms with Crippen molar-refractivity contribution in [1.82, 2.24) is 5.32 Å². The van der Waals surface area contributed by atoms with Gasteiger partial charge in [0.05, 0.1) is 0 Å². The number of benzene rings is 2. The van der Waals surface area contributed by atoms with Gasteiger partial charge >= 0.3 is 0 Å². The van der Waals surface area contributed by atoms with E-state index in [1.54, 1.807) is 38.1 Å². The van der Waals surface area contributed by atoms with Gasteiger partial charge in [0.15, 0.2) is 6.10 Å². The van der Waals surface area contributed by atoms with Gasteiger partial charge in [0, 0.05) is 13.0 Å². The highest BCUT2D eigenvalue weighted by atomic mass is 19.1. The molecule has 0 spiro atoms. The fourth-order valence-corrected chi connectivity index (χ4v) is 2.44. The van der Waals surface area contributed by atoms with E-state index in [1.165, 1.54) is 12.1 Å². The van der Waals surface area contributed by atoms with E-state index in [1.807, 2.05) is 12.1 Å². The van der Waals surface area contributed by atoms with Gasteiger partial charge in [-0.05, 0) is 62.1 Å². The van der Waals surface area contributed by atoms with Crippen molar-refractivity contribution in [2.75, 3.05) is 6.54 Å². The van der Waals surface area contributed by atoms with Crippen molar-refractivity contribution >= 4 is 11.7 Å². The second-order valence-electron chi connectivity index (χ2n) is 6.27. The zero-order valence-corrected chi connectivity index (χ0v) is 15.1. The van der Waals surface area contributed by atoms with Crippen molar-refractivity contribution in [3.05, 3.63) is 65.5 Å². The van der Waals surface area contributed by atoms with Crippen molar-refractivity contribution in [3.63, 3.8) is 0 Å². The highest BCUT2D eigenvalue weighted by molar-refractivity contribution is 5.80. The Hall–Kier alpha value is -2.69. The number of amides is 1. The van der Waals surface area contributed by atoms with Gasteiger partial charge in [-0.25, -0.2) is 4.39 Å². The molecule has 0 fully saturated rings. The van der Waals surface area contributed by atoms with Crippen LogP contribution in [0.1, 0.15) is 31.4 Å². The van der Waals surface area contributed by atoms with E-state index >= 15 is 0 Å². The molecule has 0 saturated carbocycles. The summed E-state index contributed by atoms with van der Waals surface area (Å²) in [7, 11) is 0. The van der Waals surface area contributed by atoms with Crippen LogP contribution in [-0.2, 0) is 22.4 Å². The van der Waals surface area contributed by atoms with Gasteiger partial charge in [0.25, 0.3) is 5.91 Å². The molecule has 0 aliphatic carbocycles. The molecule has 0 radical (unpaired) electrons. The zero-order valence-electron chi connectivity index (χ0n) is 15.1. The molecule has 0 heterocycles. The van der Waals surface area contributed by atoms with E-state index in [0.717, 1.165) is 11.1 Å². The monoisotopic (exact) mass is 357 g/mol. The third-order valence-electron chi connectivity index (χ3n) is 4.00. The minimum absolute atomic E-state index is 0.163. The average Bonchev–Trinajstić information content (AvgIpc) is 2.62. The molecule has 1 unspecified atom stereocenters. The summed E-state index contributed by atoms with van der Waals surface area (Å²) >= 11 is 0. The lowest BCUT2D eigenvalue weighted by molar-refractivity contribution is -0.127. The minimum Gasteiger partial charge on any atom is -0.481 e. The van der Waals surface area contributed by atoms with Crippen molar-refractivity contribution < 1.29 is 18.7 Å². The van der Waals surface area contributed by atoms with Crippen molar-refractivity contribution in [2.45, 2.75) is 39.2 Å². The molecule has 2 aromatic carbocycles. The van der Waals surface area contributed by atoms with Crippen LogP contribution in [0.2, 0.25) is 0 Å². The molecular formula is C21H24FNO3. The molecule has 0 aliphatic heterocycles. The highest BCUT2D eigenvalue weighted by Crippen LogP contribution is 2.15. The molecule has 0 aromatic heterocycles. The predicted molar refractivity (Wildman–Crippen MR) is 98.6 cm³/mol. The van der Waals surface area contributed by atoms with Crippen LogP contribution < -0.4 is 10.1 Å². The van der Waals surface area contributed by atoms with Crippen LogP contribution in [0.15, 0.2) is 48.5 Å². The SMILES string of the molecule is CC(=O)CCc1ccc(OC(C)C(=O)NCCc2ccc(F)cc2)cc1. The molecular weight excluding hydrogens is 333 g/mol. The first-order valence-electron chi connectivity index (χ1n) is 8.71. The summed E-state index contributed by atoms with van der Waals surface area (Å²) < 4.78 is 18.5. The normalized spacial score (nSPS) is 11.7. The van der Waals surface area contributed by atoms with E-state index in [2.05, 4.69) is 5.32 Å². The van der Waals surface area contributed by atoms with Crippen LogP contribution >= 0.6 is 0 Å². The van der Waals surface area contributed by atoms with Gasteiger partial charge in [-0.1, -0.05) is 24.3 Å². The van der Waals surface area contributed by atoms with E-state index in [4.69, 9.17) is 4.74 Å². The van der Waals surface area contributed by atoms with Gasteiger partial charge < -0.3 is 14.8 Å². The number of hydrogen-bond donors (Lipinski definition) is 1. The molecule has 2 rings (SSSR count). The third kappa shape index (κ3) is 6.67. The number of nitrogens with one attached hydrogen (secondary N) is 1. The van der Waals surface area contributed by atoms with Gasteiger partial charge in [0.1, 0.15) is 17.3 Å². The summed E-state index contributed by atoms with van der Waals surface area (Å²) in [6, 6.07) is 13.6. The summed E-state index contributed by atoms with van der Waals surface area (Å²) in [5, 5.41) is 2.81. The smallest absolute Gasteiger partial charge is 0.260 e. The second-order valence-corrected chi connectivity index (χ2v) is 6.27. The maximum absolute atomic E-state index is 12.9. The average molecular weight is 357 g/mol. The molecule has 2 aromatic rings. The standard InChI is InChI=1S/C21H24FNO3/c1-15(24)3-4-17-7-11-20(12-8-17)26-16(2)21(25)23-14-13-18-5-9-19(22)10-6-18/h5-12,16H,3-4,13-14H2,1-2H3,(H,23,25). The molecule has 1 amide bonds. The molecule has 138 valence electrons. The number of carbonyl (C=O) groups excluding carboxylic acids is 2. The van der Waals surface area contributed by atoms with Gasteiger partial charge in [-0.15, -0.1) is 0 Å². The topological polar surface area (TPSA) is 55.4 Å². The second kappa shape index (κ2) is 9.70. The minimum atomic E-state index is -0.619. The summed E-state index contributed by atoms with van der Waals surface area (Å²) in [4.78, 5) is 23.1. The van der Waals surface area contributed by atoms with E-state index in [9.17, 15) is 14.0 Å². The zero-order chi connectivity index (χ0) is 18.9. The van der Waals surface area contributed by atoms with Crippen LogP contribution in [0.5, 0.6) is 5.75 Å². The lowest BCUT2D eigenvalue weighted by atomic mass is 10.1. The van der Waals surface area contributed by atoms with Crippen molar-refractivity contribution in [1.29, 1.82) is 0 Å². The first kappa shape index (κ1) is 19.6. The molecule has 0 bridgehead atoms. The lowest BCUT2D eigenvalue weighted by Gasteiger charge is -2.15. The Morgan fingerprint density at radius 3 is 2.19 bits per heavy atom. The maximum atomic E-state index is 12.9. The number of ether oxygens (including phenoxy) is 1. The van der Waals surface area contributed by atoms with Crippen LogP contribution in [0, 0.1) is 5.82 Å². The van der Waals surface area contributed by atoms with Crippen LogP contribution in [0.25, 0.3) is 0 Å². The Morgan fingerprint density at radius 1 is 1.00 bits per heavy atom. The van der Waals surface area contributed by atoms with Crippen molar-refractivity contribution in [3.8, 4) is 5.75 Å². The quantitative estimate of drug-likeness (QED) is 0.748. The first-order valence-corrected chi connectivity index (χ1v) is 8.71. The van der Waals surface area contributed by atoms with Gasteiger partial charge in [-0.2, -0.15) is 0 Å². The van der Waals surface area contributed by atoms with Crippen LogP contribution in [0.4, 0.5) is 4.39 Å². The first-order chi connectivity index (χ1) is 12.4. The summed E-state index contributed by atoms with van der Waals surface area (Å²) in [6.07, 6.45) is 1.23. The van der Waals surface area contributed by atoms with E-state index in [0.29, 0.717) is 31.6 Å². The molecule has 26 heavy (non-hydrogen) atoms. The fourth-order valence-electron chi connectivity index (χ4n) is 2.44. The molecule has 0 saturated heterocycles. The molecule has 5 heteroatoms. The number of rotatable bonds is 9. The highest BCUT2D eigenvalue weighted by Gasteiger charge is 2.14. The van der Waals surface area contributed by atoms with E-state index < -0.39 is 6.10 Å². The Morgan fingerprint density at radius 2 is 1.58 bits per heavy atom. The van der Waals surface area contributed by atoms with E-state index in [-0.39, 0.29) is 17.5 Å². The maximum Gasteiger partial charge on any atom is 0.260 e. The largest absolute Gasteiger partial charge is 0.481 e. The number of aryl methyl sites for hydroxylation is 1. The molecule has 0 aliphatic rings. The molecule has 1 N–H and O–H groups in total. The predicted octanol–water partition coefficient (Wildman–Crippen LogP) is 3.47. The number of halogens is 1. The van der Waals surface area contributed by atoms with Gasteiger partial charge in [-0.3, -0.25) is 4.79 Å².